The Morgan fingerprint density at radius 3 is 2.45 bits per heavy atom. The van der Waals surface area contributed by atoms with E-state index in [0.717, 1.165) is 67.5 Å². The van der Waals surface area contributed by atoms with Crippen molar-refractivity contribution in [3.63, 3.8) is 0 Å². The number of halogens is 3. The zero-order valence-electron chi connectivity index (χ0n) is 29.2. The monoisotopic (exact) mass is 765 g/mol. The molecular weight excluding hydrogens is 729 g/mol. The number of amides is 2. The van der Waals surface area contributed by atoms with E-state index in [-0.39, 0.29) is 23.9 Å². The number of fused-ring (bicyclic) bond motifs is 1. The molecule has 0 bridgehead atoms. The summed E-state index contributed by atoms with van der Waals surface area (Å²) < 4.78 is 2.05. The molecule has 0 unspecified atom stereocenters. The average molecular weight is 767 g/mol. The number of hydrogen-bond acceptors (Lipinski definition) is 5. The molecule has 0 radical (unpaired) electrons. The van der Waals surface area contributed by atoms with Gasteiger partial charge < -0.3 is 24.7 Å². The number of aromatic nitrogens is 4. The van der Waals surface area contributed by atoms with Crippen molar-refractivity contribution in [3.05, 3.63) is 118 Å². The van der Waals surface area contributed by atoms with Crippen LogP contribution in [0.5, 0.6) is 0 Å². The summed E-state index contributed by atoms with van der Waals surface area (Å²) in [6.45, 7) is 4.35. The van der Waals surface area contributed by atoms with E-state index < -0.39 is 0 Å². The molecule has 6 aromatic rings. The average Bonchev–Trinajstić information content (AvgIpc) is 3.77. The molecule has 0 aliphatic carbocycles. The third kappa shape index (κ3) is 6.89. The van der Waals surface area contributed by atoms with Crippen LogP contribution in [-0.2, 0) is 4.79 Å². The number of carbonyl (C=O) groups excluding carboxylic acids is 2. The number of benzene rings is 3. The zero-order valence-corrected chi connectivity index (χ0v) is 31.4. The number of hydrogen-bond donors (Lipinski definition) is 2. The number of pyridine rings is 1. The van der Waals surface area contributed by atoms with Gasteiger partial charge >= 0.3 is 0 Å². The maximum absolute atomic E-state index is 14.7. The number of likely N-dealkylation sites (tertiary alicyclic amines) is 1. The second-order valence-corrected chi connectivity index (χ2v) is 15.0. The molecule has 5 heterocycles. The van der Waals surface area contributed by atoms with Gasteiger partial charge in [0.25, 0.3) is 5.91 Å². The summed E-state index contributed by atoms with van der Waals surface area (Å²) in [6.07, 6.45) is 7.92. The van der Waals surface area contributed by atoms with E-state index in [9.17, 15) is 9.59 Å². The number of aromatic amines is 1. The minimum Gasteiger partial charge on any atom is -0.355 e. The van der Waals surface area contributed by atoms with Crippen LogP contribution in [0.4, 0.5) is 11.5 Å². The van der Waals surface area contributed by atoms with E-state index in [0.29, 0.717) is 55.5 Å². The summed E-state index contributed by atoms with van der Waals surface area (Å²) in [6, 6.07) is 24.6. The van der Waals surface area contributed by atoms with Gasteiger partial charge in [0.15, 0.2) is 5.82 Å². The van der Waals surface area contributed by atoms with Gasteiger partial charge in [-0.25, -0.2) is 9.97 Å². The molecule has 1 atom stereocenters. The first kappa shape index (κ1) is 35.2. The van der Waals surface area contributed by atoms with Gasteiger partial charge in [-0.15, -0.1) is 0 Å². The van der Waals surface area contributed by atoms with E-state index in [4.69, 9.17) is 44.8 Å². The summed E-state index contributed by atoms with van der Waals surface area (Å²) in [5, 5.41) is 5.64. The van der Waals surface area contributed by atoms with Gasteiger partial charge in [-0.1, -0.05) is 77.3 Å². The normalized spacial score (nSPS) is 16.0. The SMILES string of the molecule is C[C@@H](c1ccc(Cl)cc1Cl)n1cnc(-c2ccccc2)c1-c1c(C(=O)Nc2cccnc2N2CCC(N3CCCCC3=O)CC2)[nH]c2cc(Cl)ccc12. The number of nitrogens with one attached hydrogen (secondary N) is 2. The Bertz CT molecular complexity index is 2310. The number of imidazole rings is 1. The topological polar surface area (TPSA) is 99.2 Å². The molecule has 12 heteroatoms. The molecule has 0 spiro atoms. The van der Waals surface area contributed by atoms with Gasteiger partial charge in [0.1, 0.15) is 5.69 Å². The summed E-state index contributed by atoms with van der Waals surface area (Å²) in [5.74, 6) is 0.628. The van der Waals surface area contributed by atoms with E-state index in [2.05, 4.69) is 24.7 Å². The van der Waals surface area contributed by atoms with Crippen LogP contribution in [0.2, 0.25) is 15.1 Å². The van der Waals surface area contributed by atoms with Crippen molar-refractivity contribution in [1.29, 1.82) is 0 Å². The Balaban J connectivity index is 1.19. The fourth-order valence-electron chi connectivity index (χ4n) is 7.82. The Kier molecular flexibility index (Phi) is 9.89. The zero-order chi connectivity index (χ0) is 36.6. The molecule has 2 fully saturated rings. The molecule has 0 saturated carbocycles. The van der Waals surface area contributed by atoms with Crippen LogP contribution in [-0.4, -0.2) is 61.9 Å². The fraction of sp³-hybridized carbons (Fsp3) is 0.268. The van der Waals surface area contributed by atoms with Crippen LogP contribution in [0.1, 0.15) is 61.1 Å². The van der Waals surface area contributed by atoms with Crippen LogP contribution in [0.15, 0.2) is 91.4 Å². The number of piperidine rings is 2. The van der Waals surface area contributed by atoms with Gasteiger partial charge in [-0.05, 0) is 74.6 Å². The molecule has 2 amide bonds. The molecular formula is C41H38Cl3N7O2. The third-order valence-electron chi connectivity index (χ3n) is 10.5. The van der Waals surface area contributed by atoms with Crippen molar-refractivity contribution >= 4 is 69.0 Å². The minimum absolute atomic E-state index is 0.232. The first-order chi connectivity index (χ1) is 25.8. The molecule has 2 saturated heterocycles. The van der Waals surface area contributed by atoms with Crippen molar-refractivity contribution < 1.29 is 9.59 Å². The molecule has 2 aliphatic heterocycles. The lowest BCUT2D eigenvalue weighted by Crippen LogP contribution is -2.49. The van der Waals surface area contributed by atoms with Crippen molar-refractivity contribution in [2.75, 3.05) is 29.9 Å². The second-order valence-electron chi connectivity index (χ2n) is 13.7. The molecule has 2 N–H and O–H groups in total. The first-order valence-corrected chi connectivity index (χ1v) is 19.1. The third-order valence-corrected chi connectivity index (χ3v) is 11.3. The highest BCUT2D eigenvalue weighted by molar-refractivity contribution is 6.35. The van der Waals surface area contributed by atoms with Gasteiger partial charge in [-0.2, -0.15) is 0 Å². The number of carbonyl (C=O) groups is 2. The van der Waals surface area contributed by atoms with Crippen molar-refractivity contribution in [2.45, 2.75) is 51.1 Å². The molecule has 8 rings (SSSR count). The lowest BCUT2D eigenvalue weighted by Gasteiger charge is -2.40. The van der Waals surface area contributed by atoms with Gasteiger partial charge in [0.05, 0.1) is 29.4 Å². The van der Waals surface area contributed by atoms with Crippen LogP contribution >= 0.6 is 34.8 Å². The minimum atomic E-state index is -0.334. The highest BCUT2D eigenvalue weighted by Gasteiger charge is 2.32. The highest BCUT2D eigenvalue weighted by Crippen LogP contribution is 2.42. The number of H-pyrrole nitrogens is 1. The summed E-state index contributed by atoms with van der Waals surface area (Å²) in [7, 11) is 0. The van der Waals surface area contributed by atoms with E-state index in [1.54, 1.807) is 18.6 Å². The first-order valence-electron chi connectivity index (χ1n) is 18.0. The maximum Gasteiger partial charge on any atom is 0.272 e. The smallest absolute Gasteiger partial charge is 0.272 e. The summed E-state index contributed by atoms with van der Waals surface area (Å²) in [4.78, 5) is 44.7. The number of nitrogens with zero attached hydrogens (tertiary/aromatic N) is 5. The van der Waals surface area contributed by atoms with Crippen LogP contribution in [0.3, 0.4) is 0 Å². The number of anilines is 2. The largest absolute Gasteiger partial charge is 0.355 e. The molecule has 2 aliphatic rings. The van der Waals surface area contributed by atoms with Crippen LogP contribution in [0.25, 0.3) is 33.4 Å². The Hall–Kier alpha value is -4.83. The Labute approximate surface area is 322 Å². The Morgan fingerprint density at radius 2 is 1.68 bits per heavy atom. The van der Waals surface area contributed by atoms with Crippen molar-refractivity contribution in [3.8, 4) is 22.5 Å². The van der Waals surface area contributed by atoms with E-state index in [1.807, 2.05) is 79.7 Å². The molecule has 3 aromatic heterocycles. The summed E-state index contributed by atoms with van der Waals surface area (Å²) >= 11 is 19.6. The second kappa shape index (κ2) is 14.9. The molecule has 3 aromatic carbocycles. The Morgan fingerprint density at radius 1 is 0.906 bits per heavy atom. The number of rotatable bonds is 8. The van der Waals surface area contributed by atoms with E-state index >= 15 is 0 Å². The standard InChI is InChI=1S/C41H38Cl3N7O2/c1-25(30-14-12-27(42)22-32(30)44)51-24-46-37(26-8-3-2-4-9-26)39(51)36-31-15-13-28(43)23-34(31)47-38(36)41(53)48-33-10-7-18-45-40(33)49-20-16-29(17-21-49)50-19-6-5-11-35(50)52/h2-4,7-10,12-15,18,22-25,29,47H,5-6,11,16-17,19-21H2,1H3,(H,48,53)/t25-/m0/s1. The fourth-order valence-corrected chi connectivity index (χ4v) is 8.56. The van der Waals surface area contributed by atoms with Gasteiger partial charge in [-0.3, -0.25) is 9.59 Å². The molecule has 270 valence electrons. The maximum atomic E-state index is 14.7. The quantitative estimate of drug-likeness (QED) is 0.161. The molecule has 9 nitrogen and oxygen atoms in total. The predicted octanol–water partition coefficient (Wildman–Crippen LogP) is 9.90. The summed E-state index contributed by atoms with van der Waals surface area (Å²) in [5.41, 5.74) is 5.56. The lowest BCUT2D eigenvalue weighted by molar-refractivity contribution is -0.136. The predicted molar refractivity (Wildman–Crippen MR) is 213 cm³/mol. The van der Waals surface area contributed by atoms with E-state index in [1.165, 1.54) is 0 Å². The lowest BCUT2D eigenvalue weighted by atomic mass is 9.99. The van der Waals surface area contributed by atoms with Gasteiger partial charge in [0, 0.05) is 75.4 Å². The van der Waals surface area contributed by atoms with Crippen molar-refractivity contribution in [2.24, 2.45) is 0 Å². The van der Waals surface area contributed by atoms with Crippen molar-refractivity contribution in [1.82, 2.24) is 24.4 Å². The van der Waals surface area contributed by atoms with Gasteiger partial charge in [0.2, 0.25) is 5.91 Å². The molecule has 53 heavy (non-hydrogen) atoms. The van der Waals surface area contributed by atoms with Crippen LogP contribution in [0, 0.1) is 0 Å². The highest BCUT2D eigenvalue weighted by atomic mass is 35.5. The van der Waals surface area contributed by atoms with Crippen LogP contribution < -0.4 is 10.2 Å².